The van der Waals surface area contributed by atoms with E-state index >= 15 is 0 Å². The van der Waals surface area contributed by atoms with E-state index < -0.39 is 0 Å². The third-order valence-electron chi connectivity index (χ3n) is 4.91. The van der Waals surface area contributed by atoms with Crippen LogP contribution in [-0.4, -0.2) is 12.5 Å². The zero-order valence-electron chi connectivity index (χ0n) is 14.9. The molecule has 3 nitrogen and oxygen atoms in total. The van der Waals surface area contributed by atoms with E-state index in [-0.39, 0.29) is 17.8 Å². The number of halogens is 1. The Morgan fingerprint density at radius 2 is 1.84 bits per heavy atom. The van der Waals surface area contributed by atoms with Crippen molar-refractivity contribution in [3.05, 3.63) is 65.0 Å². The lowest BCUT2D eigenvalue weighted by Crippen LogP contribution is -2.88. The third kappa shape index (κ3) is 4.45. The molecule has 0 saturated carbocycles. The Kier molecular flexibility index (Phi) is 5.49. The third-order valence-corrected chi connectivity index (χ3v) is 4.91. The maximum absolute atomic E-state index is 13.1. The Balaban J connectivity index is 1.59. The summed E-state index contributed by atoms with van der Waals surface area (Å²) in [6.07, 6.45) is 3.45. The van der Waals surface area contributed by atoms with Gasteiger partial charge in [-0.2, -0.15) is 0 Å². The van der Waals surface area contributed by atoms with E-state index in [0.29, 0.717) is 12.5 Å². The number of quaternary nitrogens is 1. The van der Waals surface area contributed by atoms with Crippen LogP contribution in [0.3, 0.4) is 0 Å². The van der Waals surface area contributed by atoms with Gasteiger partial charge in [0.2, 0.25) is 0 Å². The van der Waals surface area contributed by atoms with Crippen LogP contribution in [0.15, 0.2) is 42.5 Å². The number of nitrogens with one attached hydrogen (secondary N) is 1. The fourth-order valence-electron chi connectivity index (χ4n) is 3.57. The minimum Gasteiger partial charge on any atom is -0.332 e. The Morgan fingerprint density at radius 3 is 2.56 bits per heavy atom. The average molecular weight is 341 g/mol. The van der Waals surface area contributed by atoms with Crippen molar-refractivity contribution in [2.24, 2.45) is 5.92 Å². The fraction of sp³-hybridized carbons (Fsp3) is 0.381. The van der Waals surface area contributed by atoms with Crippen molar-refractivity contribution < 1.29 is 14.5 Å². The molecule has 0 aromatic heterocycles. The van der Waals surface area contributed by atoms with E-state index in [9.17, 15) is 9.18 Å². The molecule has 0 aliphatic heterocycles. The number of rotatable bonds is 6. The topological polar surface area (TPSA) is 45.7 Å². The highest BCUT2D eigenvalue weighted by atomic mass is 19.1. The molecule has 1 amide bonds. The summed E-state index contributed by atoms with van der Waals surface area (Å²) in [5.41, 5.74) is 4.68. The summed E-state index contributed by atoms with van der Waals surface area (Å²) in [5.74, 6) is 0.101. The Bertz CT molecular complexity index is 740. The van der Waals surface area contributed by atoms with E-state index in [2.05, 4.69) is 31.3 Å². The molecule has 3 N–H and O–H groups in total. The number of benzene rings is 2. The number of aryl methyl sites for hydroxylation is 2. The molecular formula is C21H26FN2O+. The highest BCUT2D eigenvalue weighted by Gasteiger charge is 2.21. The van der Waals surface area contributed by atoms with Gasteiger partial charge in [-0.15, -0.1) is 0 Å². The summed E-state index contributed by atoms with van der Waals surface area (Å²) in [6, 6.07) is 12.9. The molecule has 0 radical (unpaired) electrons. The van der Waals surface area contributed by atoms with Crippen LogP contribution >= 0.6 is 0 Å². The Labute approximate surface area is 148 Å². The summed E-state index contributed by atoms with van der Waals surface area (Å²) < 4.78 is 13.1. The fourth-order valence-corrected chi connectivity index (χ4v) is 3.57. The van der Waals surface area contributed by atoms with Crippen molar-refractivity contribution >= 4 is 11.6 Å². The van der Waals surface area contributed by atoms with Crippen LogP contribution in [-0.2, 0) is 17.6 Å². The van der Waals surface area contributed by atoms with E-state index in [1.165, 1.54) is 29.7 Å². The standard InChI is InChI=1S/C21H25FN2O/c1-14(2)21(16-6-9-18(22)10-7-16)23-13-20(25)24-19-11-8-15-4-3-5-17(15)12-19/h6-12,14,21,23H,3-5,13H2,1-2H3,(H,24,25)/p+1/t21-/m1/s1. The molecule has 1 aliphatic carbocycles. The lowest BCUT2D eigenvalue weighted by atomic mass is 9.96. The summed E-state index contributed by atoms with van der Waals surface area (Å²) >= 11 is 0. The van der Waals surface area contributed by atoms with Gasteiger partial charge in [0.05, 0.1) is 0 Å². The highest BCUT2D eigenvalue weighted by Crippen LogP contribution is 2.24. The minimum atomic E-state index is -0.236. The van der Waals surface area contributed by atoms with E-state index in [0.717, 1.165) is 24.1 Å². The van der Waals surface area contributed by atoms with Crippen LogP contribution in [0.1, 0.15) is 43.0 Å². The summed E-state index contributed by atoms with van der Waals surface area (Å²) in [5, 5.41) is 5.02. The van der Waals surface area contributed by atoms with Gasteiger partial charge in [-0.3, -0.25) is 4.79 Å². The molecule has 0 saturated heterocycles. The number of amides is 1. The lowest BCUT2D eigenvalue weighted by Gasteiger charge is -2.19. The molecule has 2 aromatic carbocycles. The van der Waals surface area contributed by atoms with Crippen molar-refractivity contribution in [1.82, 2.24) is 0 Å². The van der Waals surface area contributed by atoms with Gasteiger partial charge < -0.3 is 10.6 Å². The van der Waals surface area contributed by atoms with Crippen molar-refractivity contribution in [1.29, 1.82) is 0 Å². The van der Waals surface area contributed by atoms with Gasteiger partial charge in [-0.25, -0.2) is 4.39 Å². The molecule has 4 heteroatoms. The summed E-state index contributed by atoms with van der Waals surface area (Å²) in [7, 11) is 0. The molecular weight excluding hydrogens is 315 g/mol. The zero-order valence-corrected chi connectivity index (χ0v) is 14.9. The van der Waals surface area contributed by atoms with Crippen molar-refractivity contribution in [2.45, 2.75) is 39.2 Å². The Morgan fingerprint density at radius 1 is 1.12 bits per heavy atom. The predicted molar refractivity (Wildman–Crippen MR) is 97.9 cm³/mol. The normalized spacial score (nSPS) is 14.4. The molecule has 0 spiro atoms. The number of hydrogen-bond donors (Lipinski definition) is 2. The highest BCUT2D eigenvalue weighted by molar-refractivity contribution is 5.91. The van der Waals surface area contributed by atoms with E-state index in [1.807, 2.05) is 11.4 Å². The molecule has 132 valence electrons. The van der Waals surface area contributed by atoms with Crippen molar-refractivity contribution in [3.63, 3.8) is 0 Å². The number of carbonyl (C=O) groups is 1. The van der Waals surface area contributed by atoms with Crippen LogP contribution in [0, 0.1) is 11.7 Å². The van der Waals surface area contributed by atoms with E-state index in [4.69, 9.17) is 0 Å². The van der Waals surface area contributed by atoms with Crippen molar-refractivity contribution in [3.8, 4) is 0 Å². The first kappa shape index (κ1) is 17.6. The second kappa shape index (κ2) is 7.79. The SMILES string of the molecule is CC(C)[C@@H]([NH2+]CC(=O)Nc1ccc2c(c1)CCC2)c1ccc(F)cc1. The molecule has 1 aliphatic rings. The maximum atomic E-state index is 13.1. The minimum absolute atomic E-state index is 0.00860. The summed E-state index contributed by atoms with van der Waals surface area (Å²) in [4.78, 5) is 12.3. The monoisotopic (exact) mass is 341 g/mol. The number of fused-ring (bicyclic) bond motifs is 1. The molecule has 25 heavy (non-hydrogen) atoms. The van der Waals surface area contributed by atoms with Gasteiger partial charge in [0.25, 0.3) is 5.91 Å². The first-order chi connectivity index (χ1) is 12.0. The van der Waals surface area contributed by atoms with Crippen LogP contribution < -0.4 is 10.6 Å². The average Bonchev–Trinajstić information content (AvgIpc) is 3.04. The smallest absolute Gasteiger partial charge is 0.279 e. The molecule has 0 unspecified atom stereocenters. The zero-order chi connectivity index (χ0) is 17.8. The number of hydrogen-bond acceptors (Lipinski definition) is 1. The summed E-state index contributed by atoms with van der Waals surface area (Å²) in [6.45, 7) is 4.57. The maximum Gasteiger partial charge on any atom is 0.279 e. The molecule has 1 atom stereocenters. The molecule has 0 heterocycles. The van der Waals surface area contributed by atoms with Gasteiger partial charge in [-0.1, -0.05) is 32.0 Å². The first-order valence-electron chi connectivity index (χ1n) is 9.03. The second-order valence-electron chi connectivity index (χ2n) is 7.15. The number of anilines is 1. The van der Waals surface area contributed by atoms with Gasteiger partial charge >= 0.3 is 0 Å². The number of carbonyl (C=O) groups excluding carboxylic acids is 1. The van der Waals surface area contributed by atoms with Gasteiger partial charge in [-0.05, 0) is 54.7 Å². The van der Waals surface area contributed by atoms with E-state index in [1.54, 1.807) is 12.1 Å². The predicted octanol–water partition coefficient (Wildman–Crippen LogP) is 3.21. The molecule has 3 rings (SSSR count). The first-order valence-corrected chi connectivity index (χ1v) is 9.03. The lowest BCUT2D eigenvalue weighted by molar-refractivity contribution is -0.692. The second-order valence-corrected chi connectivity index (χ2v) is 7.15. The largest absolute Gasteiger partial charge is 0.332 e. The quantitative estimate of drug-likeness (QED) is 0.833. The van der Waals surface area contributed by atoms with Gasteiger partial charge in [0.1, 0.15) is 11.9 Å². The molecule has 0 bridgehead atoms. The molecule has 2 aromatic rings. The number of nitrogens with two attached hydrogens (primary N) is 1. The van der Waals surface area contributed by atoms with Crippen LogP contribution in [0.2, 0.25) is 0 Å². The van der Waals surface area contributed by atoms with Gasteiger partial charge in [0.15, 0.2) is 6.54 Å². The van der Waals surface area contributed by atoms with Gasteiger partial charge in [0, 0.05) is 17.2 Å². The van der Waals surface area contributed by atoms with Crippen LogP contribution in [0.5, 0.6) is 0 Å². The van der Waals surface area contributed by atoms with Crippen molar-refractivity contribution in [2.75, 3.05) is 11.9 Å². The molecule has 0 fully saturated rings. The van der Waals surface area contributed by atoms with Crippen LogP contribution in [0.25, 0.3) is 0 Å². The van der Waals surface area contributed by atoms with Crippen LogP contribution in [0.4, 0.5) is 10.1 Å². The Hall–Kier alpha value is -2.20.